The number of benzene rings is 2. The molecule has 0 aliphatic carbocycles. The van der Waals surface area contributed by atoms with Crippen LogP contribution in [0.4, 0.5) is 0 Å². The van der Waals surface area contributed by atoms with Crippen LogP contribution in [-0.2, 0) is 11.3 Å². The minimum absolute atomic E-state index is 0.0627. The molecule has 1 aliphatic rings. The molecule has 130 valence electrons. The summed E-state index contributed by atoms with van der Waals surface area (Å²) in [5.41, 5.74) is 2.54. The molecule has 4 heteroatoms. The summed E-state index contributed by atoms with van der Waals surface area (Å²) in [6.07, 6.45) is 2.21. The first-order chi connectivity index (χ1) is 12.3. The first kappa shape index (κ1) is 16.2. The van der Waals surface area contributed by atoms with Gasteiger partial charge in [-0.25, -0.2) is 0 Å². The minimum Gasteiger partial charge on any atom is -0.475 e. The molecule has 1 fully saturated rings. The third-order valence-electron chi connectivity index (χ3n) is 4.80. The number of rotatable bonds is 5. The lowest BCUT2D eigenvalue weighted by atomic mass is 10.2. The van der Waals surface area contributed by atoms with Crippen LogP contribution in [0.25, 0.3) is 10.9 Å². The minimum atomic E-state index is 0.0627. The molecule has 4 rings (SSSR count). The van der Waals surface area contributed by atoms with Crippen LogP contribution < -0.4 is 4.74 Å². The molecule has 2 aromatic carbocycles. The van der Waals surface area contributed by atoms with Gasteiger partial charge < -0.3 is 14.0 Å². The number of morpholine rings is 1. The molecule has 0 spiro atoms. The van der Waals surface area contributed by atoms with E-state index in [2.05, 4.69) is 77.2 Å². The second kappa shape index (κ2) is 7.30. The summed E-state index contributed by atoms with van der Waals surface area (Å²) in [5.74, 6) is 0.920. The Bertz CT molecular complexity index is 822. The van der Waals surface area contributed by atoms with Crippen molar-refractivity contribution < 1.29 is 9.47 Å². The van der Waals surface area contributed by atoms with Gasteiger partial charge in [-0.15, -0.1) is 0 Å². The van der Waals surface area contributed by atoms with E-state index in [4.69, 9.17) is 9.47 Å². The normalized spacial score (nSPS) is 16.8. The molecule has 25 heavy (non-hydrogen) atoms. The molecule has 1 unspecified atom stereocenters. The van der Waals surface area contributed by atoms with Gasteiger partial charge in [-0.2, -0.15) is 0 Å². The fourth-order valence-electron chi connectivity index (χ4n) is 3.38. The monoisotopic (exact) mass is 336 g/mol. The van der Waals surface area contributed by atoms with Crippen LogP contribution >= 0.6 is 0 Å². The zero-order valence-electron chi connectivity index (χ0n) is 14.6. The van der Waals surface area contributed by atoms with Crippen molar-refractivity contribution in [1.29, 1.82) is 0 Å². The van der Waals surface area contributed by atoms with Crippen LogP contribution in [0.1, 0.15) is 12.5 Å². The molecule has 0 N–H and O–H groups in total. The van der Waals surface area contributed by atoms with Crippen molar-refractivity contribution in [3.8, 4) is 5.75 Å². The summed E-state index contributed by atoms with van der Waals surface area (Å²) in [4.78, 5) is 2.31. The van der Waals surface area contributed by atoms with Gasteiger partial charge in [0, 0.05) is 36.7 Å². The van der Waals surface area contributed by atoms with E-state index in [1.807, 2.05) is 0 Å². The summed E-state index contributed by atoms with van der Waals surface area (Å²) >= 11 is 0. The fourth-order valence-corrected chi connectivity index (χ4v) is 3.38. The maximum absolute atomic E-state index is 6.15. The van der Waals surface area contributed by atoms with Crippen LogP contribution in [0.15, 0.2) is 60.8 Å². The Hall–Kier alpha value is -2.30. The van der Waals surface area contributed by atoms with Gasteiger partial charge in [-0.1, -0.05) is 30.3 Å². The van der Waals surface area contributed by atoms with Gasteiger partial charge in [0.1, 0.15) is 12.0 Å². The molecule has 1 saturated heterocycles. The quantitative estimate of drug-likeness (QED) is 0.710. The summed E-state index contributed by atoms with van der Waals surface area (Å²) in [5, 5.41) is 1.21. The molecule has 3 aromatic rings. The Morgan fingerprint density at radius 3 is 2.64 bits per heavy atom. The third-order valence-corrected chi connectivity index (χ3v) is 4.80. The molecule has 2 heterocycles. The van der Waals surface area contributed by atoms with Gasteiger partial charge in [0.25, 0.3) is 0 Å². The molecular weight excluding hydrogens is 312 g/mol. The SMILES string of the molecule is CC(Oc1ccc2c(ccn2Cc2ccccc2)c1)N1CCOCC1. The summed E-state index contributed by atoms with van der Waals surface area (Å²) < 4.78 is 13.8. The Kier molecular flexibility index (Phi) is 4.72. The van der Waals surface area contributed by atoms with Crippen LogP contribution in [0.5, 0.6) is 5.75 Å². The van der Waals surface area contributed by atoms with Gasteiger partial charge in [-0.05, 0) is 36.8 Å². The zero-order valence-corrected chi connectivity index (χ0v) is 14.6. The predicted molar refractivity (Wildman–Crippen MR) is 100.0 cm³/mol. The smallest absolute Gasteiger partial charge is 0.149 e. The zero-order chi connectivity index (χ0) is 17.1. The Morgan fingerprint density at radius 2 is 1.84 bits per heavy atom. The Labute approximate surface area is 148 Å². The van der Waals surface area contributed by atoms with E-state index in [-0.39, 0.29) is 6.23 Å². The van der Waals surface area contributed by atoms with Gasteiger partial charge in [0.2, 0.25) is 0 Å². The predicted octanol–water partition coefficient (Wildman–Crippen LogP) is 3.75. The maximum Gasteiger partial charge on any atom is 0.149 e. The van der Waals surface area contributed by atoms with E-state index < -0.39 is 0 Å². The highest BCUT2D eigenvalue weighted by atomic mass is 16.5. The van der Waals surface area contributed by atoms with Crippen molar-refractivity contribution in [3.05, 3.63) is 66.4 Å². The molecule has 1 atom stereocenters. The highest BCUT2D eigenvalue weighted by molar-refractivity contribution is 5.81. The number of aromatic nitrogens is 1. The van der Waals surface area contributed by atoms with E-state index in [0.29, 0.717) is 0 Å². The van der Waals surface area contributed by atoms with E-state index >= 15 is 0 Å². The van der Waals surface area contributed by atoms with E-state index in [0.717, 1.165) is 38.6 Å². The molecule has 0 amide bonds. The summed E-state index contributed by atoms with van der Waals surface area (Å²) in [6, 6.07) is 19.1. The number of hydrogen-bond acceptors (Lipinski definition) is 3. The molecule has 4 nitrogen and oxygen atoms in total. The van der Waals surface area contributed by atoms with Crippen molar-refractivity contribution in [2.75, 3.05) is 26.3 Å². The first-order valence-electron chi connectivity index (χ1n) is 8.91. The highest BCUT2D eigenvalue weighted by Crippen LogP contribution is 2.24. The second-order valence-electron chi connectivity index (χ2n) is 6.52. The number of ether oxygens (including phenoxy) is 2. The largest absolute Gasteiger partial charge is 0.475 e. The lowest BCUT2D eigenvalue weighted by Crippen LogP contribution is -2.44. The fraction of sp³-hybridized carbons (Fsp3) is 0.333. The van der Waals surface area contributed by atoms with Crippen LogP contribution in [0.3, 0.4) is 0 Å². The van der Waals surface area contributed by atoms with E-state index in [1.165, 1.54) is 16.5 Å². The van der Waals surface area contributed by atoms with E-state index in [1.54, 1.807) is 0 Å². The van der Waals surface area contributed by atoms with Gasteiger partial charge in [0.15, 0.2) is 0 Å². The average Bonchev–Trinajstić information content (AvgIpc) is 3.05. The van der Waals surface area contributed by atoms with Crippen molar-refractivity contribution in [2.45, 2.75) is 19.7 Å². The Balaban J connectivity index is 1.49. The lowest BCUT2D eigenvalue weighted by Gasteiger charge is -2.32. The molecule has 0 bridgehead atoms. The Morgan fingerprint density at radius 1 is 1.04 bits per heavy atom. The van der Waals surface area contributed by atoms with Crippen molar-refractivity contribution >= 4 is 10.9 Å². The highest BCUT2D eigenvalue weighted by Gasteiger charge is 2.18. The van der Waals surface area contributed by atoms with Gasteiger partial charge >= 0.3 is 0 Å². The van der Waals surface area contributed by atoms with Gasteiger partial charge in [-0.3, -0.25) is 4.90 Å². The van der Waals surface area contributed by atoms with Crippen LogP contribution in [-0.4, -0.2) is 42.0 Å². The molecule has 0 radical (unpaired) electrons. The standard InChI is InChI=1S/C21H24N2O2/c1-17(22-11-13-24-14-12-22)25-20-7-8-21-19(15-20)9-10-23(21)16-18-5-3-2-4-6-18/h2-10,15,17H,11-14,16H2,1H3. The summed E-state index contributed by atoms with van der Waals surface area (Å²) in [6.45, 7) is 6.42. The number of fused-ring (bicyclic) bond motifs is 1. The maximum atomic E-state index is 6.15. The molecule has 0 saturated carbocycles. The number of hydrogen-bond donors (Lipinski definition) is 0. The number of nitrogens with zero attached hydrogens (tertiary/aromatic N) is 2. The molecular formula is C21H24N2O2. The van der Waals surface area contributed by atoms with Crippen molar-refractivity contribution in [2.24, 2.45) is 0 Å². The third kappa shape index (κ3) is 3.70. The van der Waals surface area contributed by atoms with Crippen molar-refractivity contribution in [1.82, 2.24) is 9.47 Å². The first-order valence-corrected chi connectivity index (χ1v) is 8.91. The summed E-state index contributed by atoms with van der Waals surface area (Å²) in [7, 11) is 0. The molecule has 1 aromatic heterocycles. The van der Waals surface area contributed by atoms with Crippen LogP contribution in [0, 0.1) is 0 Å². The topological polar surface area (TPSA) is 26.6 Å². The average molecular weight is 336 g/mol. The molecule has 1 aliphatic heterocycles. The van der Waals surface area contributed by atoms with Crippen LogP contribution in [0.2, 0.25) is 0 Å². The van der Waals surface area contributed by atoms with Gasteiger partial charge in [0.05, 0.1) is 13.2 Å². The van der Waals surface area contributed by atoms with E-state index in [9.17, 15) is 0 Å². The van der Waals surface area contributed by atoms with Crippen molar-refractivity contribution in [3.63, 3.8) is 0 Å². The lowest BCUT2D eigenvalue weighted by molar-refractivity contribution is -0.0372. The second-order valence-corrected chi connectivity index (χ2v) is 6.52.